The maximum Gasteiger partial charge on any atom is 0.236 e. The van der Waals surface area contributed by atoms with E-state index in [1.165, 1.54) is 12.1 Å². The summed E-state index contributed by atoms with van der Waals surface area (Å²) in [5.41, 5.74) is 0.838. The van der Waals surface area contributed by atoms with Gasteiger partial charge in [0, 0.05) is 19.6 Å². The third-order valence-corrected chi connectivity index (χ3v) is 2.45. The van der Waals surface area contributed by atoms with Gasteiger partial charge in [-0.05, 0) is 17.7 Å². The van der Waals surface area contributed by atoms with Crippen LogP contribution in [0.1, 0.15) is 5.56 Å². The molecule has 1 N–H and O–H groups in total. The molecule has 0 spiro atoms. The van der Waals surface area contributed by atoms with Crippen molar-refractivity contribution in [1.82, 2.24) is 10.2 Å². The number of nitrogens with zero attached hydrogens (tertiary/aromatic N) is 1. The molecule has 0 atom stereocenters. The fourth-order valence-electron chi connectivity index (χ4n) is 1.67. The first-order valence-electron chi connectivity index (χ1n) is 4.98. The standard InChI is InChI=1S/C11H13FN2O.ClH/c12-10-3-1-2-9(6-10)8-14-5-4-13-7-11(14)15;/h1-3,6,13H,4-5,7-8H2;1H. The highest BCUT2D eigenvalue weighted by atomic mass is 35.5. The van der Waals surface area contributed by atoms with Crippen molar-refractivity contribution in [3.8, 4) is 0 Å². The predicted molar refractivity (Wildman–Crippen MR) is 61.9 cm³/mol. The summed E-state index contributed by atoms with van der Waals surface area (Å²) in [6.07, 6.45) is 0. The zero-order valence-corrected chi connectivity index (χ0v) is 9.60. The van der Waals surface area contributed by atoms with Gasteiger partial charge in [0.25, 0.3) is 0 Å². The molecule has 1 amide bonds. The summed E-state index contributed by atoms with van der Waals surface area (Å²) in [4.78, 5) is 13.2. The molecule has 1 aromatic carbocycles. The highest BCUT2D eigenvalue weighted by molar-refractivity contribution is 5.85. The van der Waals surface area contributed by atoms with Gasteiger partial charge in [-0.15, -0.1) is 12.4 Å². The molecule has 1 aliphatic rings. The van der Waals surface area contributed by atoms with Gasteiger partial charge in [-0.25, -0.2) is 4.39 Å². The molecule has 1 saturated heterocycles. The van der Waals surface area contributed by atoms with Gasteiger partial charge in [0.1, 0.15) is 5.82 Å². The molecule has 0 bridgehead atoms. The molecule has 0 unspecified atom stereocenters. The molecule has 5 heteroatoms. The highest BCUT2D eigenvalue weighted by Gasteiger charge is 2.17. The molecule has 1 heterocycles. The van der Waals surface area contributed by atoms with E-state index in [-0.39, 0.29) is 24.1 Å². The number of amides is 1. The number of halogens is 2. The van der Waals surface area contributed by atoms with E-state index in [9.17, 15) is 9.18 Å². The summed E-state index contributed by atoms with van der Waals surface area (Å²) < 4.78 is 12.9. The zero-order valence-electron chi connectivity index (χ0n) is 8.78. The smallest absolute Gasteiger partial charge is 0.236 e. The van der Waals surface area contributed by atoms with E-state index in [2.05, 4.69) is 5.32 Å². The van der Waals surface area contributed by atoms with Crippen LogP contribution >= 0.6 is 12.4 Å². The molecular weight excluding hydrogens is 231 g/mol. The van der Waals surface area contributed by atoms with Crippen molar-refractivity contribution in [2.75, 3.05) is 19.6 Å². The first-order chi connectivity index (χ1) is 7.25. The molecule has 0 radical (unpaired) electrons. The van der Waals surface area contributed by atoms with E-state index >= 15 is 0 Å². The Morgan fingerprint density at radius 2 is 2.25 bits per heavy atom. The quantitative estimate of drug-likeness (QED) is 0.847. The summed E-state index contributed by atoms with van der Waals surface area (Å²) >= 11 is 0. The van der Waals surface area contributed by atoms with Crippen LogP contribution in [-0.2, 0) is 11.3 Å². The molecule has 1 aromatic rings. The first kappa shape index (κ1) is 12.9. The normalized spacial score (nSPS) is 15.8. The van der Waals surface area contributed by atoms with Gasteiger partial charge >= 0.3 is 0 Å². The van der Waals surface area contributed by atoms with Gasteiger partial charge in [0.05, 0.1) is 6.54 Å². The molecule has 16 heavy (non-hydrogen) atoms. The largest absolute Gasteiger partial charge is 0.336 e. The van der Waals surface area contributed by atoms with Crippen LogP contribution in [0.25, 0.3) is 0 Å². The van der Waals surface area contributed by atoms with Crippen LogP contribution in [0.4, 0.5) is 4.39 Å². The van der Waals surface area contributed by atoms with E-state index in [0.717, 1.165) is 12.1 Å². The summed E-state index contributed by atoms with van der Waals surface area (Å²) in [5, 5.41) is 3.00. The van der Waals surface area contributed by atoms with Crippen molar-refractivity contribution in [2.45, 2.75) is 6.54 Å². The zero-order chi connectivity index (χ0) is 10.7. The van der Waals surface area contributed by atoms with Gasteiger partial charge in [0.2, 0.25) is 5.91 Å². The third kappa shape index (κ3) is 3.18. The van der Waals surface area contributed by atoms with E-state index in [1.807, 2.05) is 6.07 Å². The molecule has 0 aliphatic carbocycles. The SMILES string of the molecule is Cl.O=C1CNCCN1Cc1cccc(F)c1. The minimum Gasteiger partial charge on any atom is -0.336 e. The molecule has 0 aromatic heterocycles. The summed E-state index contributed by atoms with van der Waals surface area (Å²) in [6.45, 7) is 2.38. The van der Waals surface area contributed by atoms with E-state index in [0.29, 0.717) is 19.6 Å². The van der Waals surface area contributed by atoms with Gasteiger partial charge in [0.15, 0.2) is 0 Å². The van der Waals surface area contributed by atoms with E-state index in [4.69, 9.17) is 0 Å². The molecule has 1 fully saturated rings. The van der Waals surface area contributed by atoms with Gasteiger partial charge in [-0.2, -0.15) is 0 Å². The number of benzene rings is 1. The van der Waals surface area contributed by atoms with Gasteiger partial charge in [-0.1, -0.05) is 12.1 Å². The molecule has 3 nitrogen and oxygen atoms in total. The van der Waals surface area contributed by atoms with Crippen LogP contribution in [0, 0.1) is 5.82 Å². The average molecular weight is 245 g/mol. The molecule has 1 aliphatic heterocycles. The Morgan fingerprint density at radius 1 is 1.44 bits per heavy atom. The maximum atomic E-state index is 12.9. The van der Waals surface area contributed by atoms with Crippen LogP contribution in [0.2, 0.25) is 0 Å². The second-order valence-corrected chi connectivity index (χ2v) is 3.62. The number of nitrogens with one attached hydrogen (secondary N) is 1. The number of piperazine rings is 1. The second-order valence-electron chi connectivity index (χ2n) is 3.62. The van der Waals surface area contributed by atoms with Crippen LogP contribution < -0.4 is 5.32 Å². The fraction of sp³-hybridized carbons (Fsp3) is 0.364. The number of hydrogen-bond acceptors (Lipinski definition) is 2. The number of carbonyl (C=O) groups is 1. The second kappa shape index (κ2) is 5.82. The number of carbonyl (C=O) groups excluding carboxylic acids is 1. The van der Waals surface area contributed by atoms with E-state index in [1.54, 1.807) is 11.0 Å². The lowest BCUT2D eigenvalue weighted by molar-refractivity contribution is -0.132. The first-order valence-corrected chi connectivity index (χ1v) is 4.98. The van der Waals surface area contributed by atoms with Crippen LogP contribution in [0.3, 0.4) is 0 Å². The van der Waals surface area contributed by atoms with Crippen LogP contribution in [0.5, 0.6) is 0 Å². The van der Waals surface area contributed by atoms with Gasteiger partial charge < -0.3 is 10.2 Å². The van der Waals surface area contributed by atoms with Crippen molar-refractivity contribution in [2.24, 2.45) is 0 Å². The van der Waals surface area contributed by atoms with Crippen molar-refractivity contribution >= 4 is 18.3 Å². The Balaban J connectivity index is 0.00000128. The van der Waals surface area contributed by atoms with Crippen LogP contribution in [-0.4, -0.2) is 30.4 Å². The number of hydrogen-bond donors (Lipinski definition) is 1. The lowest BCUT2D eigenvalue weighted by Gasteiger charge is -2.27. The lowest BCUT2D eigenvalue weighted by Crippen LogP contribution is -2.47. The van der Waals surface area contributed by atoms with Crippen molar-refractivity contribution in [3.63, 3.8) is 0 Å². The Hall–Kier alpha value is -1.13. The minimum atomic E-state index is -0.255. The van der Waals surface area contributed by atoms with Crippen molar-refractivity contribution in [3.05, 3.63) is 35.6 Å². The predicted octanol–water partition coefficient (Wildman–Crippen LogP) is 1.18. The average Bonchev–Trinajstić information content (AvgIpc) is 2.22. The Labute approximate surface area is 100 Å². The highest BCUT2D eigenvalue weighted by Crippen LogP contribution is 2.08. The Morgan fingerprint density at radius 3 is 2.94 bits per heavy atom. The van der Waals surface area contributed by atoms with Gasteiger partial charge in [-0.3, -0.25) is 4.79 Å². The maximum absolute atomic E-state index is 12.9. The minimum absolute atomic E-state index is 0. The summed E-state index contributed by atoms with van der Waals surface area (Å²) in [5.74, 6) is -0.180. The lowest BCUT2D eigenvalue weighted by atomic mass is 10.2. The van der Waals surface area contributed by atoms with Crippen LogP contribution in [0.15, 0.2) is 24.3 Å². The van der Waals surface area contributed by atoms with Crippen molar-refractivity contribution < 1.29 is 9.18 Å². The van der Waals surface area contributed by atoms with Crippen molar-refractivity contribution in [1.29, 1.82) is 0 Å². The molecule has 88 valence electrons. The summed E-state index contributed by atoms with van der Waals surface area (Å²) in [6, 6.07) is 6.37. The molecule has 2 rings (SSSR count). The molecular formula is C11H14ClFN2O. The Bertz CT molecular complexity index is 373. The van der Waals surface area contributed by atoms with E-state index < -0.39 is 0 Å². The topological polar surface area (TPSA) is 32.3 Å². The monoisotopic (exact) mass is 244 g/mol. The third-order valence-electron chi connectivity index (χ3n) is 2.45. The Kier molecular flexibility index (Phi) is 4.71. The number of rotatable bonds is 2. The summed E-state index contributed by atoms with van der Waals surface area (Å²) in [7, 11) is 0. The fourth-order valence-corrected chi connectivity index (χ4v) is 1.67. The molecule has 0 saturated carbocycles.